The van der Waals surface area contributed by atoms with Gasteiger partial charge in [0.1, 0.15) is 0 Å². The molecule has 0 saturated carbocycles. The van der Waals surface area contributed by atoms with Crippen LogP contribution in [0, 0.1) is 5.95 Å². The van der Waals surface area contributed by atoms with Crippen molar-refractivity contribution >= 4 is 12.7 Å². The molecule has 0 amide bonds. The second-order valence-corrected chi connectivity index (χ2v) is 1.68. The standard InChI is InChI=1S/C5H3BF3N/c7-5-4(6(8)9)2-1-3-10-5/h1-3H. The van der Waals surface area contributed by atoms with E-state index in [0.29, 0.717) is 0 Å². The second-order valence-electron chi connectivity index (χ2n) is 1.68. The molecule has 0 aliphatic heterocycles. The van der Waals surface area contributed by atoms with E-state index in [9.17, 15) is 13.0 Å². The van der Waals surface area contributed by atoms with Gasteiger partial charge in [-0.2, -0.15) is 4.39 Å². The van der Waals surface area contributed by atoms with Gasteiger partial charge in [-0.15, -0.1) is 0 Å². The molecule has 1 heterocycles. The number of nitrogens with zero attached hydrogens (tertiary/aromatic N) is 1. The largest absolute Gasteiger partial charge is 0.576 e. The van der Waals surface area contributed by atoms with Crippen LogP contribution in [0.5, 0.6) is 0 Å². The van der Waals surface area contributed by atoms with E-state index < -0.39 is 18.7 Å². The average molecular weight is 145 g/mol. The Kier molecular flexibility index (Phi) is 1.94. The summed E-state index contributed by atoms with van der Waals surface area (Å²) < 4.78 is 35.7. The Labute approximate surface area is 56.1 Å². The van der Waals surface area contributed by atoms with E-state index in [4.69, 9.17) is 0 Å². The molecule has 1 aromatic heterocycles. The molecule has 0 N–H and O–H groups in total. The van der Waals surface area contributed by atoms with E-state index in [1.807, 2.05) is 0 Å². The third-order valence-corrected chi connectivity index (χ3v) is 1.02. The Balaban J connectivity index is 3.03. The first kappa shape index (κ1) is 7.12. The number of rotatable bonds is 1. The fraction of sp³-hybridized carbons (Fsp3) is 0. The maximum atomic E-state index is 12.2. The number of hydrogen-bond acceptors (Lipinski definition) is 1. The summed E-state index contributed by atoms with van der Waals surface area (Å²) in [5.41, 5.74) is -0.650. The van der Waals surface area contributed by atoms with Gasteiger partial charge in [0.2, 0.25) is 5.95 Å². The Morgan fingerprint density at radius 3 is 2.50 bits per heavy atom. The van der Waals surface area contributed by atoms with E-state index >= 15 is 0 Å². The summed E-state index contributed by atoms with van der Waals surface area (Å²) >= 11 is 0. The summed E-state index contributed by atoms with van der Waals surface area (Å²) in [6, 6.07) is 2.28. The van der Waals surface area contributed by atoms with Crippen LogP contribution in [0.4, 0.5) is 13.0 Å². The summed E-state index contributed by atoms with van der Waals surface area (Å²) in [5, 5.41) is 0. The van der Waals surface area contributed by atoms with Crippen molar-refractivity contribution in [1.82, 2.24) is 4.98 Å². The highest BCUT2D eigenvalue weighted by atomic mass is 19.2. The number of pyridine rings is 1. The van der Waals surface area contributed by atoms with Gasteiger partial charge < -0.3 is 0 Å². The molecule has 0 atom stereocenters. The van der Waals surface area contributed by atoms with Crippen LogP contribution in [0.2, 0.25) is 0 Å². The number of hydrogen-bond donors (Lipinski definition) is 0. The van der Waals surface area contributed by atoms with Crippen LogP contribution in [0.15, 0.2) is 18.3 Å². The van der Waals surface area contributed by atoms with Crippen LogP contribution in [-0.4, -0.2) is 12.3 Å². The minimum absolute atomic E-state index is 0.650. The third-order valence-electron chi connectivity index (χ3n) is 1.02. The van der Waals surface area contributed by atoms with E-state index in [-0.39, 0.29) is 0 Å². The highest BCUT2D eigenvalue weighted by Crippen LogP contribution is 1.93. The molecular weight excluding hydrogens is 142 g/mol. The second kappa shape index (κ2) is 2.73. The summed E-state index contributed by atoms with van der Waals surface area (Å²) in [7, 11) is -2.78. The molecule has 0 fully saturated rings. The molecule has 0 radical (unpaired) electrons. The van der Waals surface area contributed by atoms with Crippen molar-refractivity contribution in [2.24, 2.45) is 0 Å². The van der Waals surface area contributed by atoms with Gasteiger partial charge >= 0.3 is 7.27 Å². The lowest BCUT2D eigenvalue weighted by Gasteiger charge is -1.93. The molecule has 0 unspecified atom stereocenters. The van der Waals surface area contributed by atoms with Crippen molar-refractivity contribution in [3.8, 4) is 0 Å². The molecule has 0 aliphatic rings. The maximum Gasteiger partial charge on any atom is 0.576 e. The predicted molar refractivity (Wildman–Crippen MR) is 31.8 cm³/mol. The lowest BCUT2D eigenvalue weighted by atomic mass is 9.87. The summed E-state index contributed by atoms with van der Waals surface area (Å²) in [6.45, 7) is 0. The monoisotopic (exact) mass is 145 g/mol. The van der Waals surface area contributed by atoms with Gasteiger partial charge in [-0.1, -0.05) is 6.07 Å². The molecule has 1 aromatic rings. The van der Waals surface area contributed by atoms with Gasteiger partial charge in [-0.3, -0.25) is 8.63 Å². The molecule has 1 rings (SSSR count). The quantitative estimate of drug-likeness (QED) is 0.421. The highest BCUT2D eigenvalue weighted by molar-refractivity contribution is 6.59. The summed E-state index contributed by atoms with van der Waals surface area (Å²) in [5.74, 6) is -1.10. The molecule has 0 aliphatic carbocycles. The topological polar surface area (TPSA) is 12.9 Å². The van der Waals surface area contributed by atoms with E-state index in [2.05, 4.69) is 4.98 Å². The lowest BCUT2D eigenvalue weighted by molar-refractivity contribution is 0.583. The van der Waals surface area contributed by atoms with Crippen molar-refractivity contribution in [3.63, 3.8) is 0 Å². The van der Waals surface area contributed by atoms with Crippen molar-refractivity contribution < 1.29 is 13.0 Å². The van der Waals surface area contributed by atoms with E-state index in [0.717, 1.165) is 12.3 Å². The van der Waals surface area contributed by atoms with Gasteiger partial charge in [0.25, 0.3) is 0 Å². The Morgan fingerprint density at radius 1 is 1.40 bits per heavy atom. The van der Waals surface area contributed by atoms with Crippen LogP contribution in [0.25, 0.3) is 0 Å². The predicted octanol–water partition coefficient (Wildman–Crippen LogP) is 0.855. The SMILES string of the molecule is FB(F)c1cccnc1F. The average Bonchev–Trinajstić information content (AvgIpc) is 1.88. The highest BCUT2D eigenvalue weighted by Gasteiger charge is 2.20. The fourth-order valence-electron chi connectivity index (χ4n) is 0.561. The normalized spacial score (nSPS) is 9.50. The first-order valence-corrected chi connectivity index (χ1v) is 2.60. The molecule has 0 saturated heterocycles. The van der Waals surface area contributed by atoms with Crippen LogP contribution in [0.1, 0.15) is 0 Å². The van der Waals surface area contributed by atoms with Crippen molar-refractivity contribution in [2.75, 3.05) is 0 Å². The molecule has 10 heavy (non-hydrogen) atoms. The van der Waals surface area contributed by atoms with Crippen molar-refractivity contribution in [2.45, 2.75) is 0 Å². The summed E-state index contributed by atoms with van der Waals surface area (Å²) in [6.07, 6.45) is 1.13. The van der Waals surface area contributed by atoms with Crippen LogP contribution in [-0.2, 0) is 0 Å². The fourth-order valence-corrected chi connectivity index (χ4v) is 0.561. The minimum Gasteiger partial charge on any atom is -0.281 e. The third kappa shape index (κ3) is 1.29. The van der Waals surface area contributed by atoms with Gasteiger partial charge in [0, 0.05) is 11.7 Å². The number of aromatic nitrogens is 1. The summed E-state index contributed by atoms with van der Waals surface area (Å²) in [4.78, 5) is 3.05. The molecule has 5 heteroatoms. The number of halogens is 3. The van der Waals surface area contributed by atoms with Crippen LogP contribution < -0.4 is 5.46 Å². The first-order valence-electron chi connectivity index (χ1n) is 2.60. The van der Waals surface area contributed by atoms with Gasteiger partial charge in [-0.05, 0) is 6.07 Å². The Morgan fingerprint density at radius 2 is 2.10 bits per heavy atom. The Bertz CT molecular complexity index is 228. The van der Waals surface area contributed by atoms with Gasteiger partial charge in [0.05, 0.1) is 0 Å². The van der Waals surface area contributed by atoms with Crippen molar-refractivity contribution in [3.05, 3.63) is 24.3 Å². The van der Waals surface area contributed by atoms with E-state index in [1.165, 1.54) is 6.07 Å². The first-order chi connectivity index (χ1) is 4.72. The molecule has 0 bridgehead atoms. The van der Waals surface area contributed by atoms with Crippen LogP contribution >= 0.6 is 0 Å². The molecule has 0 aromatic carbocycles. The van der Waals surface area contributed by atoms with Crippen LogP contribution in [0.3, 0.4) is 0 Å². The van der Waals surface area contributed by atoms with E-state index in [1.54, 1.807) is 0 Å². The molecular formula is C5H3BF3N. The molecule has 0 spiro atoms. The molecule has 1 nitrogen and oxygen atoms in total. The van der Waals surface area contributed by atoms with Crippen molar-refractivity contribution in [1.29, 1.82) is 0 Å². The lowest BCUT2D eigenvalue weighted by Crippen LogP contribution is -2.24. The minimum atomic E-state index is -2.78. The Hall–Kier alpha value is -0.995. The van der Waals surface area contributed by atoms with Gasteiger partial charge in [-0.25, -0.2) is 4.98 Å². The zero-order valence-electron chi connectivity index (χ0n) is 4.89. The van der Waals surface area contributed by atoms with Gasteiger partial charge in [0.15, 0.2) is 0 Å². The zero-order chi connectivity index (χ0) is 7.56. The zero-order valence-corrected chi connectivity index (χ0v) is 4.89. The smallest absolute Gasteiger partial charge is 0.281 e. The maximum absolute atomic E-state index is 12.2. The molecule has 52 valence electrons.